The molecule has 0 fully saturated rings. The van der Waals surface area contributed by atoms with E-state index in [1.807, 2.05) is 60.4 Å². The van der Waals surface area contributed by atoms with Crippen molar-refractivity contribution in [2.24, 2.45) is 0 Å². The van der Waals surface area contributed by atoms with E-state index in [2.05, 4.69) is 15.2 Å². The average Bonchev–Trinajstić information content (AvgIpc) is 2.83. The number of carbonyl (C=O) groups excluding carboxylic acids is 1. The van der Waals surface area contributed by atoms with Gasteiger partial charge in [0.05, 0.1) is 24.0 Å². The lowest BCUT2D eigenvalue weighted by atomic mass is 10.00. The Balaban J connectivity index is 1.90. The Bertz CT molecular complexity index is 1080. The first-order valence-corrected chi connectivity index (χ1v) is 9.57. The molecule has 142 valence electrons. The molecule has 0 saturated heterocycles. The van der Waals surface area contributed by atoms with E-state index < -0.39 is 0 Å². The van der Waals surface area contributed by atoms with E-state index in [9.17, 15) is 4.79 Å². The normalized spacial score (nSPS) is 15.4. The molecule has 1 aliphatic rings. The minimum atomic E-state index is -0.221. The number of anilines is 1. The van der Waals surface area contributed by atoms with Gasteiger partial charge in [0, 0.05) is 18.9 Å². The summed E-state index contributed by atoms with van der Waals surface area (Å²) in [4.78, 5) is 19.1. The van der Waals surface area contributed by atoms with Crippen molar-refractivity contribution in [3.05, 3.63) is 64.6 Å². The second-order valence-corrected chi connectivity index (χ2v) is 6.95. The Hall–Kier alpha value is -3.06. The predicted octanol–water partition coefficient (Wildman–Crippen LogP) is 4.25. The smallest absolute Gasteiger partial charge is 0.224 e. The molecule has 2 aromatic carbocycles. The van der Waals surface area contributed by atoms with Gasteiger partial charge in [-0.1, -0.05) is 30.3 Å². The largest absolute Gasteiger partial charge is 0.494 e. The van der Waals surface area contributed by atoms with Gasteiger partial charge in [-0.3, -0.25) is 9.89 Å². The molecular formula is C21H20N4O2S. The zero-order chi connectivity index (χ0) is 19.7. The number of hydrogen-bond acceptors (Lipinski definition) is 5. The average molecular weight is 392 g/mol. The first kappa shape index (κ1) is 18.3. The minimum absolute atomic E-state index is 0.0401. The van der Waals surface area contributed by atoms with Gasteiger partial charge < -0.3 is 9.64 Å². The third-order valence-electron chi connectivity index (χ3n) is 4.81. The number of carbonyl (C=O) groups is 1. The molecule has 0 bridgehead atoms. The fourth-order valence-corrected chi connectivity index (χ4v) is 3.82. The molecule has 0 saturated carbocycles. The zero-order valence-electron chi connectivity index (χ0n) is 15.7. The quantitative estimate of drug-likeness (QED) is 0.675. The molecule has 0 aliphatic carbocycles. The van der Waals surface area contributed by atoms with Crippen LogP contribution in [0.3, 0.4) is 0 Å². The van der Waals surface area contributed by atoms with Gasteiger partial charge in [-0.25, -0.2) is 4.98 Å². The van der Waals surface area contributed by atoms with E-state index in [1.165, 1.54) is 0 Å². The Kier molecular flexibility index (Phi) is 4.92. The van der Waals surface area contributed by atoms with Gasteiger partial charge in [0.2, 0.25) is 10.7 Å². The molecule has 7 heteroatoms. The summed E-state index contributed by atoms with van der Waals surface area (Å²) < 4.78 is 5.89. The molecule has 6 nitrogen and oxygen atoms in total. The number of para-hydroxylation sites is 1. The number of aromatic nitrogens is 3. The lowest BCUT2D eigenvalue weighted by molar-refractivity contribution is -0.117. The monoisotopic (exact) mass is 392 g/mol. The number of benzene rings is 2. The highest BCUT2D eigenvalue weighted by atomic mass is 32.1. The summed E-state index contributed by atoms with van der Waals surface area (Å²) >= 11 is 5.20. The number of fused-ring (bicyclic) bond motifs is 3. The Labute approximate surface area is 168 Å². The maximum absolute atomic E-state index is 12.7. The van der Waals surface area contributed by atoms with E-state index in [-0.39, 0.29) is 11.9 Å². The van der Waals surface area contributed by atoms with Crippen LogP contribution in [0.25, 0.3) is 11.3 Å². The van der Waals surface area contributed by atoms with Crippen molar-refractivity contribution in [3.8, 4) is 17.0 Å². The third kappa shape index (κ3) is 3.29. The Morgan fingerprint density at radius 2 is 2.00 bits per heavy atom. The summed E-state index contributed by atoms with van der Waals surface area (Å²) in [6.45, 7) is 4.14. The molecule has 4 rings (SSSR count). The first-order valence-electron chi connectivity index (χ1n) is 9.16. The van der Waals surface area contributed by atoms with E-state index in [1.54, 1.807) is 6.92 Å². The highest BCUT2D eigenvalue weighted by Crippen LogP contribution is 2.41. The zero-order valence-corrected chi connectivity index (χ0v) is 16.5. The van der Waals surface area contributed by atoms with Crippen LogP contribution in [0.1, 0.15) is 31.1 Å². The van der Waals surface area contributed by atoms with Crippen LogP contribution >= 0.6 is 12.2 Å². The van der Waals surface area contributed by atoms with Crippen molar-refractivity contribution in [1.29, 1.82) is 0 Å². The number of nitrogens with zero attached hydrogens (tertiary/aromatic N) is 3. The van der Waals surface area contributed by atoms with E-state index in [4.69, 9.17) is 17.0 Å². The molecule has 1 amide bonds. The van der Waals surface area contributed by atoms with E-state index in [0.29, 0.717) is 17.8 Å². The van der Waals surface area contributed by atoms with Crippen LogP contribution in [0.2, 0.25) is 0 Å². The van der Waals surface area contributed by atoms with Crippen LogP contribution < -0.4 is 9.64 Å². The SMILES string of the molecule is CCOc1ccc(C2Cc3nc(=S)[nH]nc3-c3ccccc3N2C(C)=O)cc1. The van der Waals surface area contributed by atoms with Crippen molar-refractivity contribution in [3.63, 3.8) is 0 Å². The summed E-state index contributed by atoms with van der Waals surface area (Å²) in [5.74, 6) is 0.763. The highest BCUT2D eigenvalue weighted by Gasteiger charge is 2.32. The maximum Gasteiger partial charge on any atom is 0.224 e. The lowest BCUT2D eigenvalue weighted by Crippen LogP contribution is -2.34. The molecule has 2 heterocycles. The maximum atomic E-state index is 12.7. The molecule has 1 N–H and O–H groups in total. The number of rotatable bonds is 3. The van der Waals surface area contributed by atoms with Gasteiger partial charge in [0.15, 0.2) is 0 Å². The number of ether oxygens (including phenoxy) is 1. The molecular weight excluding hydrogens is 372 g/mol. The van der Waals surface area contributed by atoms with Crippen LogP contribution in [0.5, 0.6) is 5.75 Å². The van der Waals surface area contributed by atoms with Gasteiger partial charge in [-0.05, 0) is 42.9 Å². The van der Waals surface area contributed by atoms with Gasteiger partial charge in [0.25, 0.3) is 0 Å². The van der Waals surface area contributed by atoms with Crippen molar-refractivity contribution in [2.45, 2.75) is 26.3 Å². The summed E-state index contributed by atoms with van der Waals surface area (Å²) in [6.07, 6.45) is 0.517. The fourth-order valence-electron chi connectivity index (χ4n) is 3.66. The van der Waals surface area contributed by atoms with Crippen molar-refractivity contribution >= 4 is 23.8 Å². The van der Waals surface area contributed by atoms with Crippen LogP contribution in [0.4, 0.5) is 5.69 Å². The Morgan fingerprint density at radius 3 is 2.71 bits per heavy atom. The van der Waals surface area contributed by atoms with Crippen LogP contribution in [-0.2, 0) is 11.2 Å². The molecule has 1 atom stereocenters. The molecule has 0 spiro atoms. The molecule has 0 radical (unpaired) electrons. The van der Waals surface area contributed by atoms with Gasteiger partial charge in [-0.15, -0.1) is 0 Å². The molecule has 1 unspecified atom stereocenters. The van der Waals surface area contributed by atoms with Crippen molar-refractivity contribution in [2.75, 3.05) is 11.5 Å². The van der Waals surface area contributed by atoms with Gasteiger partial charge >= 0.3 is 0 Å². The predicted molar refractivity (Wildman–Crippen MR) is 110 cm³/mol. The highest BCUT2D eigenvalue weighted by molar-refractivity contribution is 7.71. The second kappa shape index (κ2) is 7.52. The van der Waals surface area contributed by atoms with Crippen LogP contribution in [-0.4, -0.2) is 27.7 Å². The van der Waals surface area contributed by atoms with E-state index >= 15 is 0 Å². The van der Waals surface area contributed by atoms with Crippen molar-refractivity contribution in [1.82, 2.24) is 15.2 Å². The third-order valence-corrected chi connectivity index (χ3v) is 4.99. The molecule has 1 aromatic heterocycles. The lowest BCUT2D eigenvalue weighted by Gasteiger charge is -2.30. The summed E-state index contributed by atoms with van der Waals surface area (Å²) in [5.41, 5.74) is 4.18. The second-order valence-electron chi connectivity index (χ2n) is 6.56. The molecule has 3 aromatic rings. The number of hydrogen-bond donors (Lipinski definition) is 1. The topological polar surface area (TPSA) is 71.1 Å². The van der Waals surface area contributed by atoms with Gasteiger partial charge in [0.1, 0.15) is 11.4 Å². The number of H-pyrrole nitrogens is 1. The molecule has 28 heavy (non-hydrogen) atoms. The summed E-state index contributed by atoms with van der Waals surface area (Å²) in [6, 6.07) is 15.4. The van der Waals surface area contributed by atoms with Crippen LogP contribution in [0.15, 0.2) is 48.5 Å². The Morgan fingerprint density at radius 1 is 1.25 bits per heavy atom. The fraction of sp³-hybridized carbons (Fsp3) is 0.238. The standard InChI is InChI=1S/C21H20N4O2S/c1-3-27-15-10-8-14(9-11-15)19-12-17-20(23-24-21(28)22-17)16-6-4-5-7-18(16)25(19)13(2)26/h4-11,19H,3,12H2,1-2H3,(H,22,24,28). The van der Waals surface area contributed by atoms with Gasteiger partial charge in [-0.2, -0.15) is 5.10 Å². The number of amides is 1. The minimum Gasteiger partial charge on any atom is -0.494 e. The number of nitrogens with one attached hydrogen (secondary N) is 1. The van der Waals surface area contributed by atoms with E-state index in [0.717, 1.165) is 34.0 Å². The first-order chi connectivity index (χ1) is 13.6. The molecule has 1 aliphatic heterocycles. The summed E-state index contributed by atoms with van der Waals surface area (Å²) in [7, 11) is 0. The van der Waals surface area contributed by atoms with Crippen molar-refractivity contribution < 1.29 is 9.53 Å². The summed E-state index contributed by atoms with van der Waals surface area (Å²) in [5, 5.41) is 7.21. The van der Waals surface area contributed by atoms with Crippen LogP contribution in [0, 0.1) is 4.77 Å². The number of aromatic amines is 1.